The van der Waals surface area contributed by atoms with Gasteiger partial charge < -0.3 is 0 Å². The lowest BCUT2D eigenvalue weighted by atomic mass is 10.0. The number of hydrogen-bond donors (Lipinski definition) is 0. The Morgan fingerprint density at radius 1 is 0.889 bits per heavy atom. The van der Waals surface area contributed by atoms with Crippen molar-refractivity contribution in [3.05, 3.63) is 89.2 Å². The van der Waals surface area contributed by atoms with E-state index in [-0.39, 0.29) is 32.3 Å². The normalized spacial score (nSPS) is 11.3. The summed E-state index contributed by atoms with van der Waals surface area (Å²) < 4.78 is 54.8. The van der Waals surface area contributed by atoms with Crippen LogP contribution in [-0.4, -0.2) is 12.2 Å². The first kappa shape index (κ1) is 18.9. The molecule has 138 valence electrons. The predicted molar refractivity (Wildman–Crippen MR) is 96.2 cm³/mol. The van der Waals surface area contributed by atoms with Crippen LogP contribution in [0.25, 0.3) is 11.1 Å². The molecule has 0 saturated carbocycles. The van der Waals surface area contributed by atoms with Gasteiger partial charge in [-0.15, -0.1) is 13.2 Å². The first-order valence-corrected chi connectivity index (χ1v) is 8.17. The number of amides is 1. The Hall–Kier alpha value is -2.86. The van der Waals surface area contributed by atoms with E-state index in [9.17, 15) is 22.4 Å². The highest BCUT2D eigenvalue weighted by Gasteiger charge is 2.43. The van der Waals surface area contributed by atoms with Crippen LogP contribution < -0.4 is 4.90 Å². The van der Waals surface area contributed by atoms with Crippen molar-refractivity contribution in [2.45, 2.75) is 6.30 Å². The summed E-state index contributed by atoms with van der Waals surface area (Å²) in [4.78, 5) is 12.4. The SMILES string of the molecule is O=C(c1ccccc1)N(c1ccccc1-c1ccc(F)c(Cl)c1)C(F)(F)F. The van der Waals surface area contributed by atoms with Crippen LogP contribution in [0.5, 0.6) is 0 Å². The molecular formula is C20H12ClF4NO. The Balaban J connectivity index is 2.17. The third-order valence-corrected chi connectivity index (χ3v) is 4.14. The number of benzene rings is 3. The van der Waals surface area contributed by atoms with Gasteiger partial charge in [0.05, 0.1) is 10.7 Å². The van der Waals surface area contributed by atoms with E-state index in [1.165, 1.54) is 60.7 Å². The average Bonchev–Trinajstić information content (AvgIpc) is 2.64. The number of carbonyl (C=O) groups is 1. The van der Waals surface area contributed by atoms with Crippen molar-refractivity contribution in [3.8, 4) is 11.1 Å². The lowest BCUT2D eigenvalue weighted by Gasteiger charge is -2.27. The topological polar surface area (TPSA) is 20.3 Å². The molecule has 2 nitrogen and oxygen atoms in total. The van der Waals surface area contributed by atoms with Crippen LogP contribution in [0.2, 0.25) is 5.02 Å². The second-order valence-electron chi connectivity index (χ2n) is 5.62. The maximum absolute atomic E-state index is 13.8. The minimum atomic E-state index is -4.97. The number of para-hydroxylation sites is 1. The number of anilines is 1. The van der Waals surface area contributed by atoms with E-state index in [1.807, 2.05) is 0 Å². The molecule has 0 atom stereocenters. The van der Waals surface area contributed by atoms with Crippen molar-refractivity contribution >= 4 is 23.2 Å². The molecule has 0 aliphatic rings. The molecule has 0 fully saturated rings. The Bertz CT molecular complexity index is 973. The Morgan fingerprint density at radius 2 is 1.52 bits per heavy atom. The Labute approximate surface area is 157 Å². The Morgan fingerprint density at radius 3 is 2.15 bits per heavy atom. The fourth-order valence-electron chi connectivity index (χ4n) is 2.65. The van der Waals surface area contributed by atoms with E-state index in [2.05, 4.69) is 0 Å². The fourth-order valence-corrected chi connectivity index (χ4v) is 2.83. The summed E-state index contributed by atoms with van der Waals surface area (Å²) in [6.45, 7) is 0. The zero-order valence-electron chi connectivity index (χ0n) is 13.7. The van der Waals surface area contributed by atoms with E-state index < -0.39 is 18.0 Å². The molecule has 0 aromatic heterocycles. The molecule has 0 aliphatic heterocycles. The summed E-state index contributed by atoms with van der Waals surface area (Å²) in [6, 6.07) is 16.3. The molecule has 0 bridgehead atoms. The van der Waals surface area contributed by atoms with E-state index in [4.69, 9.17) is 11.6 Å². The lowest BCUT2D eigenvalue weighted by Crippen LogP contribution is -2.43. The van der Waals surface area contributed by atoms with Gasteiger partial charge in [0.25, 0.3) is 5.91 Å². The highest BCUT2D eigenvalue weighted by Crippen LogP contribution is 2.38. The quantitative estimate of drug-likeness (QED) is 0.377. The molecule has 0 aliphatic carbocycles. The zero-order valence-corrected chi connectivity index (χ0v) is 14.4. The molecule has 0 saturated heterocycles. The molecule has 7 heteroatoms. The summed E-state index contributed by atoms with van der Waals surface area (Å²) in [5, 5.41) is -0.227. The molecule has 0 spiro atoms. The molecular weight excluding hydrogens is 382 g/mol. The highest BCUT2D eigenvalue weighted by molar-refractivity contribution is 6.31. The number of halogens is 5. The number of hydrogen-bond acceptors (Lipinski definition) is 1. The van der Waals surface area contributed by atoms with E-state index in [1.54, 1.807) is 6.07 Å². The van der Waals surface area contributed by atoms with Crippen LogP contribution in [0.15, 0.2) is 72.8 Å². The third kappa shape index (κ3) is 3.95. The maximum atomic E-state index is 13.8. The van der Waals surface area contributed by atoms with Crippen LogP contribution in [0.1, 0.15) is 10.4 Å². The second kappa shape index (κ2) is 7.40. The van der Waals surface area contributed by atoms with Gasteiger partial charge in [0.15, 0.2) is 0 Å². The molecule has 3 rings (SSSR count). The van der Waals surface area contributed by atoms with Crippen LogP contribution >= 0.6 is 11.6 Å². The van der Waals surface area contributed by atoms with Crippen molar-refractivity contribution in [3.63, 3.8) is 0 Å². The Kier molecular flexibility index (Phi) is 5.19. The molecule has 3 aromatic rings. The van der Waals surface area contributed by atoms with Gasteiger partial charge in [0, 0.05) is 11.1 Å². The molecule has 0 unspecified atom stereocenters. The molecule has 0 N–H and O–H groups in total. The van der Waals surface area contributed by atoms with E-state index in [0.717, 1.165) is 6.07 Å². The van der Waals surface area contributed by atoms with Gasteiger partial charge >= 0.3 is 6.30 Å². The summed E-state index contributed by atoms with van der Waals surface area (Å²) in [6.07, 6.45) is -4.97. The number of alkyl halides is 3. The number of nitrogens with zero attached hydrogens (tertiary/aromatic N) is 1. The molecule has 27 heavy (non-hydrogen) atoms. The highest BCUT2D eigenvalue weighted by atomic mass is 35.5. The zero-order chi connectivity index (χ0) is 19.6. The minimum Gasteiger partial charge on any atom is -0.268 e. The van der Waals surface area contributed by atoms with Crippen molar-refractivity contribution in [2.24, 2.45) is 0 Å². The second-order valence-corrected chi connectivity index (χ2v) is 6.03. The fraction of sp³-hybridized carbons (Fsp3) is 0.0500. The van der Waals surface area contributed by atoms with Gasteiger partial charge in [-0.2, -0.15) is 0 Å². The van der Waals surface area contributed by atoms with Crippen molar-refractivity contribution < 1.29 is 22.4 Å². The first-order chi connectivity index (χ1) is 12.8. The third-order valence-electron chi connectivity index (χ3n) is 3.85. The van der Waals surface area contributed by atoms with Crippen molar-refractivity contribution in [1.82, 2.24) is 0 Å². The van der Waals surface area contributed by atoms with Crippen molar-refractivity contribution in [2.75, 3.05) is 4.90 Å². The van der Waals surface area contributed by atoms with Gasteiger partial charge in [0.1, 0.15) is 5.82 Å². The summed E-state index contributed by atoms with van der Waals surface area (Å²) in [5.74, 6) is -1.91. The molecule has 3 aromatic carbocycles. The van der Waals surface area contributed by atoms with E-state index in [0.29, 0.717) is 0 Å². The van der Waals surface area contributed by atoms with Crippen LogP contribution in [0.3, 0.4) is 0 Å². The van der Waals surface area contributed by atoms with Gasteiger partial charge in [-0.3, -0.25) is 4.79 Å². The summed E-state index contributed by atoms with van der Waals surface area (Å²) >= 11 is 5.77. The maximum Gasteiger partial charge on any atom is 0.491 e. The van der Waals surface area contributed by atoms with Crippen LogP contribution in [0, 0.1) is 5.82 Å². The average molecular weight is 394 g/mol. The van der Waals surface area contributed by atoms with Crippen molar-refractivity contribution in [1.29, 1.82) is 0 Å². The summed E-state index contributed by atoms with van der Waals surface area (Å²) in [5.41, 5.74) is -0.128. The monoisotopic (exact) mass is 393 g/mol. The van der Waals surface area contributed by atoms with Gasteiger partial charge in [-0.25, -0.2) is 9.29 Å². The molecule has 0 heterocycles. The molecule has 0 radical (unpaired) electrons. The first-order valence-electron chi connectivity index (χ1n) is 7.80. The van der Waals surface area contributed by atoms with Crippen LogP contribution in [-0.2, 0) is 0 Å². The van der Waals surface area contributed by atoms with Gasteiger partial charge in [-0.05, 0) is 35.9 Å². The number of carbonyl (C=O) groups excluding carboxylic acids is 1. The summed E-state index contributed by atoms with van der Waals surface area (Å²) in [7, 11) is 0. The van der Waals surface area contributed by atoms with Gasteiger partial charge in [0.2, 0.25) is 0 Å². The van der Waals surface area contributed by atoms with Crippen LogP contribution in [0.4, 0.5) is 23.2 Å². The predicted octanol–water partition coefficient (Wildman–Crippen LogP) is 6.31. The lowest BCUT2D eigenvalue weighted by molar-refractivity contribution is -0.122. The van der Waals surface area contributed by atoms with E-state index >= 15 is 0 Å². The number of rotatable bonds is 3. The minimum absolute atomic E-state index is 0.0982. The molecule has 1 amide bonds. The standard InChI is InChI=1S/C20H12ClF4NO/c21-16-12-14(10-11-17(16)22)15-8-4-5-9-18(15)26(20(23,24)25)19(27)13-6-2-1-3-7-13/h1-12H. The smallest absolute Gasteiger partial charge is 0.268 e. The van der Waals surface area contributed by atoms with Gasteiger partial charge in [-0.1, -0.05) is 54.1 Å². The largest absolute Gasteiger partial charge is 0.491 e.